The Morgan fingerprint density at radius 3 is 3.22 bits per heavy atom. The summed E-state index contributed by atoms with van der Waals surface area (Å²) >= 11 is 0. The SMILES string of the molecule is CC/C=C/C(=O)NC1=CC(c2cnc3[nH]cc(C)c3c2)CC=C1. The van der Waals surface area contributed by atoms with Crippen molar-refractivity contribution in [1.29, 1.82) is 0 Å². The first-order valence-electron chi connectivity index (χ1n) is 7.97. The average molecular weight is 307 g/mol. The monoisotopic (exact) mass is 307 g/mol. The molecule has 2 aromatic rings. The van der Waals surface area contributed by atoms with Crippen LogP contribution in [-0.4, -0.2) is 15.9 Å². The van der Waals surface area contributed by atoms with Crippen LogP contribution in [0.4, 0.5) is 0 Å². The number of aromatic amines is 1. The molecule has 0 aliphatic heterocycles. The molecular weight excluding hydrogens is 286 g/mol. The molecule has 0 spiro atoms. The predicted octanol–water partition coefficient (Wildman–Crippen LogP) is 3.88. The second kappa shape index (κ2) is 6.65. The van der Waals surface area contributed by atoms with Crippen molar-refractivity contribution in [2.45, 2.75) is 32.6 Å². The highest BCUT2D eigenvalue weighted by Crippen LogP contribution is 2.28. The second-order valence-corrected chi connectivity index (χ2v) is 5.80. The number of carbonyl (C=O) groups excluding carboxylic acids is 1. The first kappa shape index (κ1) is 15.3. The van der Waals surface area contributed by atoms with Gasteiger partial charge in [-0.2, -0.15) is 0 Å². The molecule has 3 rings (SSSR count). The molecule has 0 bridgehead atoms. The van der Waals surface area contributed by atoms with E-state index in [2.05, 4.69) is 40.4 Å². The van der Waals surface area contributed by atoms with E-state index in [0.29, 0.717) is 0 Å². The number of fused-ring (bicyclic) bond motifs is 1. The number of aromatic nitrogens is 2. The summed E-state index contributed by atoms with van der Waals surface area (Å²) in [6.07, 6.45) is 15.2. The van der Waals surface area contributed by atoms with E-state index in [1.807, 2.05) is 31.5 Å². The minimum Gasteiger partial charge on any atom is -0.346 e. The standard InChI is InChI=1S/C19H21N3O/c1-3-4-8-18(23)22-16-7-5-6-14(9-16)15-10-17-13(2)11-20-19(17)21-12-15/h4-5,7-12,14H,3,6H2,1-2H3,(H,20,21)(H,22,23)/b8-4+. The number of amides is 1. The molecule has 2 N–H and O–H groups in total. The molecule has 1 amide bonds. The normalized spacial score (nSPS) is 17.7. The molecule has 2 heterocycles. The van der Waals surface area contributed by atoms with Crippen LogP contribution in [0.1, 0.15) is 36.8 Å². The van der Waals surface area contributed by atoms with Gasteiger partial charge in [0.1, 0.15) is 5.65 Å². The summed E-state index contributed by atoms with van der Waals surface area (Å²) in [6, 6.07) is 2.19. The Kier molecular flexibility index (Phi) is 4.42. The number of H-pyrrole nitrogens is 1. The molecule has 2 aromatic heterocycles. The Bertz CT molecular complexity index is 811. The molecule has 1 atom stereocenters. The summed E-state index contributed by atoms with van der Waals surface area (Å²) in [5.41, 5.74) is 4.13. The van der Waals surface area contributed by atoms with Gasteiger partial charge in [0, 0.05) is 29.4 Å². The summed E-state index contributed by atoms with van der Waals surface area (Å²) in [5.74, 6) is 0.148. The lowest BCUT2D eigenvalue weighted by Gasteiger charge is -2.17. The van der Waals surface area contributed by atoms with Gasteiger partial charge in [0.05, 0.1) is 0 Å². The van der Waals surface area contributed by atoms with Crippen LogP contribution in [0.3, 0.4) is 0 Å². The van der Waals surface area contributed by atoms with Gasteiger partial charge in [-0.15, -0.1) is 0 Å². The fraction of sp³-hybridized carbons (Fsp3) is 0.263. The van der Waals surface area contributed by atoms with Crippen molar-refractivity contribution in [3.8, 4) is 0 Å². The van der Waals surface area contributed by atoms with Crippen molar-refractivity contribution in [3.05, 3.63) is 65.7 Å². The van der Waals surface area contributed by atoms with E-state index < -0.39 is 0 Å². The zero-order valence-electron chi connectivity index (χ0n) is 13.5. The summed E-state index contributed by atoms with van der Waals surface area (Å²) in [5, 5.41) is 4.07. The van der Waals surface area contributed by atoms with Crippen LogP contribution in [0.5, 0.6) is 0 Å². The van der Waals surface area contributed by atoms with Crippen LogP contribution in [0.2, 0.25) is 0 Å². The smallest absolute Gasteiger partial charge is 0.248 e. The van der Waals surface area contributed by atoms with E-state index in [9.17, 15) is 4.79 Å². The molecule has 1 aliphatic rings. The number of hydrogen-bond acceptors (Lipinski definition) is 2. The number of aryl methyl sites for hydroxylation is 1. The molecule has 0 aromatic carbocycles. The third kappa shape index (κ3) is 3.42. The quantitative estimate of drug-likeness (QED) is 0.842. The maximum absolute atomic E-state index is 11.8. The lowest BCUT2D eigenvalue weighted by molar-refractivity contribution is -0.115. The largest absolute Gasteiger partial charge is 0.346 e. The van der Waals surface area contributed by atoms with Gasteiger partial charge in [0.25, 0.3) is 0 Å². The topological polar surface area (TPSA) is 57.8 Å². The Morgan fingerprint density at radius 1 is 1.52 bits per heavy atom. The van der Waals surface area contributed by atoms with Crippen molar-refractivity contribution in [3.63, 3.8) is 0 Å². The summed E-state index contributed by atoms with van der Waals surface area (Å²) in [7, 11) is 0. The Balaban J connectivity index is 1.81. The van der Waals surface area contributed by atoms with E-state index in [0.717, 1.165) is 29.6 Å². The number of allylic oxidation sites excluding steroid dienone is 4. The van der Waals surface area contributed by atoms with Gasteiger partial charge in [-0.25, -0.2) is 4.98 Å². The molecule has 0 saturated heterocycles. The third-order valence-corrected chi connectivity index (χ3v) is 4.03. The molecular formula is C19H21N3O. The first-order chi connectivity index (χ1) is 11.2. The van der Waals surface area contributed by atoms with Crippen LogP contribution in [0, 0.1) is 6.92 Å². The lowest BCUT2D eigenvalue weighted by Crippen LogP contribution is -2.21. The Hall–Kier alpha value is -2.62. The van der Waals surface area contributed by atoms with Gasteiger partial charge in [-0.05, 0) is 49.1 Å². The predicted molar refractivity (Wildman–Crippen MR) is 93.0 cm³/mol. The molecule has 1 unspecified atom stereocenters. The molecule has 4 heteroatoms. The summed E-state index contributed by atoms with van der Waals surface area (Å²) in [4.78, 5) is 19.5. The van der Waals surface area contributed by atoms with Gasteiger partial charge in [-0.3, -0.25) is 4.79 Å². The minimum absolute atomic E-state index is 0.0848. The fourth-order valence-corrected chi connectivity index (χ4v) is 2.76. The van der Waals surface area contributed by atoms with E-state index in [-0.39, 0.29) is 11.8 Å². The number of pyridine rings is 1. The number of hydrogen-bond donors (Lipinski definition) is 2. The van der Waals surface area contributed by atoms with Gasteiger partial charge < -0.3 is 10.3 Å². The van der Waals surface area contributed by atoms with E-state index >= 15 is 0 Å². The highest BCUT2D eigenvalue weighted by atomic mass is 16.1. The Morgan fingerprint density at radius 2 is 2.39 bits per heavy atom. The molecule has 0 radical (unpaired) electrons. The van der Waals surface area contributed by atoms with Crippen molar-refractivity contribution >= 4 is 16.9 Å². The Labute approximate surface area is 136 Å². The molecule has 1 aliphatic carbocycles. The molecule has 0 fully saturated rings. The highest BCUT2D eigenvalue weighted by molar-refractivity contribution is 5.89. The maximum Gasteiger partial charge on any atom is 0.248 e. The van der Waals surface area contributed by atoms with E-state index in [4.69, 9.17) is 0 Å². The maximum atomic E-state index is 11.8. The van der Waals surface area contributed by atoms with Crippen molar-refractivity contribution in [1.82, 2.24) is 15.3 Å². The summed E-state index contributed by atoms with van der Waals surface area (Å²) < 4.78 is 0. The first-order valence-corrected chi connectivity index (χ1v) is 7.97. The average Bonchev–Trinajstić information content (AvgIpc) is 2.94. The van der Waals surface area contributed by atoms with Gasteiger partial charge in [0.2, 0.25) is 5.91 Å². The third-order valence-electron chi connectivity index (χ3n) is 4.03. The van der Waals surface area contributed by atoms with Crippen LogP contribution in [0.15, 0.2) is 54.5 Å². The molecule has 4 nitrogen and oxygen atoms in total. The van der Waals surface area contributed by atoms with Crippen LogP contribution in [0.25, 0.3) is 11.0 Å². The number of nitrogens with zero attached hydrogens (tertiary/aromatic N) is 1. The number of rotatable bonds is 4. The van der Waals surface area contributed by atoms with E-state index in [1.54, 1.807) is 6.08 Å². The van der Waals surface area contributed by atoms with Crippen molar-refractivity contribution < 1.29 is 4.79 Å². The lowest BCUT2D eigenvalue weighted by atomic mass is 9.92. The molecule has 0 saturated carbocycles. The second-order valence-electron chi connectivity index (χ2n) is 5.80. The van der Waals surface area contributed by atoms with Crippen molar-refractivity contribution in [2.24, 2.45) is 0 Å². The van der Waals surface area contributed by atoms with Crippen molar-refractivity contribution in [2.75, 3.05) is 0 Å². The van der Waals surface area contributed by atoms with Gasteiger partial charge in [-0.1, -0.05) is 25.2 Å². The zero-order valence-corrected chi connectivity index (χ0v) is 13.5. The molecule has 23 heavy (non-hydrogen) atoms. The number of carbonyl (C=O) groups is 1. The van der Waals surface area contributed by atoms with Crippen LogP contribution in [-0.2, 0) is 4.79 Å². The van der Waals surface area contributed by atoms with Crippen LogP contribution >= 0.6 is 0 Å². The van der Waals surface area contributed by atoms with Crippen LogP contribution < -0.4 is 5.32 Å². The number of nitrogens with one attached hydrogen (secondary N) is 2. The van der Waals surface area contributed by atoms with Gasteiger partial charge in [0.15, 0.2) is 0 Å². The fourth-order valence-electron chi connectivity index (χ4n) is 2.76. The summed E-state index contributed by atoms with van der Waals surface area (Å²) in [6.45, 7) is 4.08. The highest BCUT2D eigenvalue weighted by Gasteiger charge is 2.14. The zero-order chi connectivity index (χ0) is 16.2. The van der Waals surface area contributed by atoms with E-state index in [1.165, 1.54) is 11.1 Å². The molecule has 118 valence electrons. The minimum atomic E-state index is -0.0848. The van der Waals surface area contributed by atoms with Gasteiger partial charge >= 0.3 is 0 Å².